The number of aliphatic imine (C=N–C) groups is 1. The van der Waals surface area contributed by atoms with Crippen LogP contribution in [0, 0.1) is 0 Å². The number of anilines is 1. The Morgan fingerprint density at radius 3 is 2.69 bits per heavy atom. The smallest absolute Gasteiger partial charge is 0.416 e. The van der Waals surface area contributed by atoms with E-state index >= 15 is 0 Å². The third-order valence-corrected chi connectivity index (χ3v) is 6.10. The zero-order valence-electron chi connectivity index (χ0n) is 19.3. The summed E-state index contributed by atoms with van der Waals surface area (Å²) in [7, 11) is 0. The first kappa shape index (κ1) is 25.4. The lowest BCUT2D eigenvalue weighted by molar-refractivity contribution is -0.139. The fourth-order valence-corrected chi connectivity index (χ4v) is 4.58. The van der Waals surface area contributed by atoms with Crippen molar-refractivity contribution < 1.29 is 32.2 Å². The number of hydrogen-bond donors (Lipinski definition) is 1. The second kappa shape index (κ2) is 10.5. The predicted octanol–water partition coefficient (Wildman–Crippen LogP) is 5.49. The van der Waals surface area contributed by atoms with Crippen molar-refractivity contribution in [3.8, 4) is 5.75 Å². The lowest BCUT2D eigenvalue weighted by Gasteiger charge is -2.33. The van der Waals surface area contributed by atoms with Crippen molar-refractivity contribution in [2.24, 2.45) is 4.99 Å². The van der Waals surface area contributed by atoms with E-state index in [-0.39, 0.29) is 12.3 Å². The molecule has 1 amide bonds. The standard InChI is InChI=1S/C25H22F3N3O4S/c1-3-34-23(33)21-15(2)29-24-31(10-11-36-24)22(21)16-6-4-9-19(12-16)35-14-20(32)30-18-8-5-7-17(13-18)25(26,27)28/h4-13,22H,3,14H2,1-2H3,(H,30,32)/t22-/m0/s1. The molecule has 36 heavy (non-hydrogen) atoms. The van der Waals surface area contributed by atoms with E-state index in [4.69, 9.17) is 9.47 Å². The van der Waals surface area contributed by atoms with Gasteiger partial charge < -0.3 is 19.7 Å². The van der Waals surface area contributed by atoms with Crippen LogP contribution in [0.3, 0.4) is 0 Å². The number of alkyl halides is 3. The Labute approximate surface area is 209 Å². The minimum Gasteiger partial charge on any atom is -0.484 e. The van der Waals surface area contributed by atoms with Gasteiger partial charge in [-0.1, -0.05) is 30.0 Å². The number of thioether (sulfide) groups is 1. The number of rotatable bonds is 7. The van der Waals surface area contributed by atoms with Gasteiger partial charge in [0.1, 0.15) is 5.75 Å². The van der Waals surface area contributed by atoms with Crippen LogP contribution >= 0.6 is 11.8 Å². The maximum atomic E-state index is 12.9. The molecule has 2 heterocycles. The molecule has 11 heteroatoms. The van der Waals surface area contributed by atoms with E-state index in [0.29, 0.717) is 22.6 Å². The number of esters is 1. The number of nitrogens with one attached hydrogen (secondary N) is 1. The highest BCUT2D eigenvalue weighted by Gasteiger charge is 2.37. The molecule has 0 aromatic heterocycles. The summed E-state index contributed by atoms with van der Waals surface area (Å²) in [6.07, 6.45) is -2.69. The molecule has 2 aliphatic rings. The largest absolute Gasteiger partial charge is 0.484 e. The van der Waals surface area contributed by atoms with Crippen molar-refractivity contribution in [1.82, 2.24) is 4.90 Å². The van der Waals surface area contributed by atoms with Gasteiger partial charge in [-0.05, 0) is 55.2 Å². The molecule has 0 saturated heterocycles. The number of allylic oxidation sites excluding steroid dienone is 1. The third-order valence-electron chi connectivity index (χ3n) is 5.33. The molecule has 0 unspecified atom stereocenters. The van der Waals surface area contributed by atoms with Crippen molar-refractivity contribution >= 4 is 34.5 Å². The second-order valence-corrected chi connectivity index (χ2v) is 8.69. The Balaban J connectivity index is 1.50. The maximum Gasteiger partial charge on any atom is 0.416 e. The number of carbonyl (C=O) groups is 2. The van der Waals surface area contributed by atoms with Crippen LogP contribution in [0.15, 0.2) is 76.4 Å². The van der Waals surface area contributed by atoms with Crippen LogP contribution in [0.2, 0.25) is 0 Å². The number of ether oxygens (including phenoxy) is 2. The first-order chi connectivity index (χ1) is 17.2. The second-order valence-electron chi connectivity index (χ2n) is 7.81. The van der Waals surface area contributed by atoms with Crippen LogP contribution in [-0.4, -0.2) is 35.2 Å². The van der Waals surface area contributed by atoms with Gasteiger partial charge in [0.05, 0.1) is 29.5 Å². The minimum atomic E-state index is -4.51. The lowest BCUT2D eigenvalue weighted by atomic mass is 9.94. The first-order valence-electron chi connectivity index (χ1n) is 11.0. The molecular weight excluding hydrogens is 495 g/mol. The summed E-state index contributed by atoms with van der Waals surface area (Å²) in [5, 5.41) is 4.99. The number of amides is 1. The van der Waals surface area contributed by atoms with Crippen molar-refractivity contribution in [1.29, 1.82) is 0 Å². The molecular formula is C25H22F3N3O4S. The molecule has 2 aromatic carbocycles. The highest BCUT2D eigenvalue weighted by Crippen LogP contribution is 2.41. The number of nitrogens with zero attached hydrogens (tertiary/aromatic N) is 2. The molecule has 1 N–H and O–H groups in total. The summed E-state index contributed by atoms with van der Waals surface area (Å²) >= 11 is 1.43. The van der Waals surface area contributed by atoms with Crippen LogP contribution in [0.4, 0.5) is 18.9 Å². The van der Waals surface area contributed by atoms with E-state index in [1.165, 1.54) is 23.9 Å². The Kier molecular flexibility index (Phi) is 7.39. The average molecular weight is 518 g/mol. The zero-order chi connectivity index (χ0) is 25.9. The normalized spacial score (nSPS) is 17.0. The number of fused-ring (bicyclic) bond motifs is 1. The van der Waals surface area contributed by atoms with Gasteiger partial charge in [-0.15, -0.1) is 0 Å². The zero-order valence-corrected chi connectivity index (χ0v) is 20.2. The molecule has 1 atom stereocenters. The molecule has 2 aromatic rings. The van der Waals surface area contributed by atoms with Gasteiger partial charge in [0.2, 0.25) is 0 Å². The number of halogens is 3. The van der Waals surface area contributed by atoms with Gasteiger partial charge in [0.15, 0.2) is 11.8 Å². The van der Waals surface area contributed by atoms with Crippen molar-refractivity contribution in [2.45, 2.75) is 26.1 Å². The van der Waals surface area contributed by atoms with Crippen LogP contribution in [0.1, 0.15) is 31.0 Å². The Bertz CT molecular complexity index is 1270. The quantitative estimate of drug-likeness (QED) is 0.490. The van der Waals surface area contributed by atoms with Gasteiger partial charge in [-0.25, -0.2) is 9.79 Å². The van der Waals surface area contributed by atoms with E-state index in [9.17, 15) is 22.8 Å². The molecule has 2 aliphatic heterocycles. The van der Waals surface area contributed by atoms with Crippen LogP contribution in [0.5, 0.6) is 5.75 Å². The van der Waals surface area contributed by atoms with Crippen molar-refractivity contribution in [3.63, 3.8) is 0 Å². The highest BCUT2D eigenvalue weighted by molar-refractivity contribution is 8.16. The SMILES string of the molecule is CCOC(=O)C1=C(C)N=C2SC=CN2[C@H]1c1cccc(OCC(=O)Nc2cccc(C(F)(F)F)c2)c1. The Hall–Kier alpha value is -3.73. The van der Waals surface area contributed by atoms with Gasteiger partial charge >= 0.3 is 12.1 Å². The van der Waals surface area contributed by atoms with Gasteiger partial charge in [-0.3, -0.25) is 4.79 Å². The van der Waals surface area contributed by atoms with Crippen LogP contribution < -0.4 is 10.1 Å². The van der Waals surface area contributed by atoms with Crippen LogP contribution in [0.25, 0.3) is 0 Å². The van der Waals surface area contributed by atoms with E-state index in [1.807, 2.05) is 22.6 Å². The fourth-order valence-electron chi connectivity index (χ4n) is 3.79. The summed E-state index contributed by atoms with van der Waals surface area (Å²) < 4.78 is 49.6. The van der Waals surface area contributed by atoms with Crippen molar-refractivity contribution in [2.75, 3.05) is 18.5 Å². The third kappa shape index (κ3) is 5.56. The summed E-state index contributed by atoms with van der Waals surface area (Å²) in [5.41, 5.74) is 0.811. The van der Waals surface area contributed by atoms with E-state index in [1.54, 1.807) is 32.0 Å². The summed E-state index contributed by atoms with van der Waals surface area (Å²) in [6, 6.07) is 10.8. The molecule has 0 saturated carbocycles. The monoisotopic (exact) mass is 517 g/mol. The highest BCUT2D eigenvalue weighted by atomic mass is 32.2. The summed E-state index contributed by atoms with van der Waals surface area (Å²) in [5.74, 6) is -0.735. The number of hydrogen-bond acceptors (Lipinski definition) is 7. The summed E-state index contributed by atoms with van der Waals surface area (Å²) in [4.78, 5) is 31.5. The van der Waals surface area contributed by atoms with Gasteiger partial charge in [0, 0.05) is 11.9 Å². The molecule has 0 aliphatic carbocycles. The molecule has 0 fully saturated rings. The first-order valence-corrected chi connectivity index (χ1v) is 11.8. The molecule has 0 radical (unpaired) electrons. The Morgan fingerprint density at radius 2 is 1.94 bits per heavy atom. The fraction of sp³-hybridized carbons (Fsp3) is 0.240. The minimum absolute atomic E-state index is 0.0132. The number of amidine groups is 1. The van der Waals surface area contributed by atoms with E-state index < -0.39 is 36.3 Å². The lowest BCUT2D eigenvalue weighted by Crippen LogP contribution is -2.34. The molecule has 188 valence electrons. The van der Waals surface area contributed by atoms with Crippen LogP contribution in [-0.2, 0) is 20.5 Å². The number of benzene rings is 2. The topological polar surface area (TPSA) is 80.2 Å². The predicted molar refractivity (Wildman–Crippen MR) is 130 cm³/mol. The van der Waals surface area contributed by atoms with E-state index in [0.717, 1.165) is 17.3 Å². The molecule has 7 nitrogen and oxygen atoms in total. The van der Waals surface area contributed by atoms with Gasteiger partial charge in [0.25, 0.3) is 5.91 Å². The average Bonchev–Trinajstić information content (AvgIpc) is 3.30. The molecule has 0 bridgehead atoms. The summed E-state index contributed by atoms with van der Waals surface area (Å²) in [6.45, 7) is 3.27. The molecule has 4 rings (SSSR count). The Morgan fingerprint density at radius 1 is 1.17 bits per heavy atom. The van der Waals surface area contributed by atoms with Gasteiger partial charge in [-0.2, -0.15) is 13.2 Å². The molecule has 0 spiro atoms. The number of carbonyl (C=O) groups excluding carboxylic acids is 2. The van der Waals surface area contributed by atoms with Crippen molar-refractivity contribution in [3.05, 3.63) is 82.5 Å². The van der Waals surface area contributed by atoms with E-state index in [2.05, 4.69) is 10.3 Å². The maximum absolute atomic E-state index is 12.9.